The van der Waals surface area contributed by atoms with Crippen LogP contribution in [-0.2, 0) is 4.79 Å². The molecule has 8 heteroatoms. The van der Waals surface area contributed by atoms with Crippen LogP contribution in [0.15, 0.2) is 29.6 Å². The topological polar surface area (TPSA) is 78.3 Å². The van der Waals surface area contributed by atoms with E-state index in [4.69, 9.17) is 9.47 Å². The lowest BCUT2D eigenvalue weighted by Gasteiger charge is -2.08. The first kappa shape index (κ1) is 18.9. The molecule has 2 aromatic heterocycles. The summed E-state index contributed by atoms with van der Waals surface area (Å²) in [7, 11) is 3.21. The number of hydrogen-bond donors (Lipinski definition) is 1. The smallest absolute Gasteiger partial charge is 0.225 e. The molecule has 1 aromatic carbocycles. The van der Waals surface area contributed by atoms with Crippen LogP contribution >= 0.6 is 11.3 Å². The molecule has 3 aromatic rings. The van der Waals surface area contributed by atoms with E-state index in [0.29, 0.717) is 28.9 Å². The highest BCUT2D eigenvalue weighted by atomic mass is 32.1. The number of amides is 1. The third-order valence-electron chi connectivity index (χ3n) is 3.93. The van der Waals surface area contributed by atoms with Crippen LogP contribution in [0.3, 0.4) is 0 Å². The number of benzene rings is 1. The van der Waals surface area contributed by atoms with Crippen molar-refractivity contribution in [3.8, 4) is 27.9 Å². The van der Waals surface area contributed by atoms with E-state index in [1.54, 1.807) is 18.9 Å². The van der Waals surface area contributed by atoms with E-state index in [9.17, 15) is 4.79 Å². The molecule has 2 heterocycles. The Morgan fingerprint density at radius 3 is 2.70 bits per heavy atom. The van der Waals surface area contributed by atoms with Crippen LogP contribution in [0.25, 0.3) is 16.4 Å². The Bertz CT molecular complexity index is 948. The first-order valence-corrected chi connectivity index (χ1v) is 9.48. The van der Waals surface area contributed by atoms with Crippen molar-refractivity contribution in [1.29, 1.82) is 0 Å². The van der Waals surface area contributed by atoms with E-state index in [2.05, 4.69) is 15.4 Å². The summed E-state index contributed by atoms with van der Waals surface area (Å²) in [4.78, 5) is 16.6. The van der Waals surface area contributed by atoms with Crippen molar-refractivity contribution in [1.82, 2.24) is 14.8 Å². The van der Waals surface area contributed by atoms with E-state index < -0.39 is 0 Å². The lowest BCUT2D eigenvalue weighted by molar-refractivity contribution is -0.116. The number of nitrogens with one attached hydrogen (secondary N) is 1. The molecule has 142 valence electrons. The number of anilines is 1. The maximum atomic E-state index is 12.0. The van der Waals surface area contributed by atoms with Gasteiger partial charge in [-0.05, 0) is 31.5 Å². The monoisotopic (exact) mass is 386 g/mol. The van der Waals surface area contributed by atoms with Gasteiger partial charge in [-0.1, -0.05) is 6.92 Å². The summed E-state index contributed by atoms with van der Waals surface area (Å²) in [5.41, 5.74) is 2.52. The summed E-state index contributed by atoms with van der Waals surface area (Å²) < 4.78 is 12.3. The van der Waals surface area contributed by atoms with Gasteiger partial charge in [-0.25, -0.2) is 4.98 Å². The van der Waals surface area contributed by atoms with Crippen molar-refractivity contribution in [3.63, 3.8) is 0 Å². The fraction of sp³-hybridized carbons (Fsp3) is 0.316. The minimum atomic E-state index is -0.0321. The van der Waals surface area contributed by atoms with E-state index in [-0.39, 0.29) is 5.91 Å². The molecule has 7 nitrogen and oxygen atoms in total. The molecule has 0 radical (unpaired) electrons. The highest BCUT2D eigenvalue weighted by Crippen LogP contribution is 2.33. The lowest BCUT2D eigenvalue weighted by atomic mass is 10.1. The van der Waals surface area contributed by atoms with Crippen molar-refractivity contribution in [2.45, 2.75) is 26.7 Å². The van der Waals surface area contributed by atoms with Gasteiger partial charge in [0.15, 0.2) is 11.5 Å². The number of thiazole rings is 1. The molecule has 0 fully saturated rings. The van der Waals surface area contributed by atoms with Crippen LogP contribution in [0.2, 0.25) is 0 Å². The second-order valence-corrected chi connectivity index (χ2v) is 6.80. The van der Waals surface area contributed by atoms with E-state index in [1.807, 2.05) is 43.5 Å². The molecule has 27 heavy (non-hydrogen) atoms. The van der Waals surface area contributed by atoms with Crippen molar-refractivity contribution >= 4 is 23.1 Å². The van der Waals surface area contributed by atoms with Crippen molar-refractivity contribution in [3.05, 3.63) is 35.3 Å². The fourth-order valence-electron chi connectivity index (χ4n) is 2.66. The van der Waals surface area contributed by atoms with Gasteiger partial charge in [-0.2, -0.15) is 9.78 Å². The molecular weight excluding hydrogens is 364 g/mol. The molecule has 0 bridgehead atoms. The number of hydrogen-bond acceptors (Lipinski definition) is 6. The summed E-state index contributed by atoms with van der Waals surface area (Å²) >= 11 is 1.45. The van der Waals surface area contributed by atoms with Crippen LogP contribution in [-0.4, -0.2) is 34.9 Å². The highest BCUT2D eigenvalue weighted by Gasteiger charge is 2.15. The lowest BCUT2D eigenvalue weighted by Crippen LogP contribution is -2.14. The minimum absolute atomic E-state index is 0.0321. The molecule has 0 aliphatic rings. The van der Waals surface area contributed by atoms with Gasteiger partial charge >= 0.3 is 0 Å². The average Bonchev–Trinajstić information content (AvgIpc) is 3.28. The van der Waals surface area contributed by atoms with E-state index in [1.165, 1.54) is 11.3 Å². The number of ether oxygens (including phenoxy) is 2. The fourth-order valence-corrected chi connectivity index (χ4v) is 3.45. The van der Waals surface area contributed by atoms with Crippen LogP contribution in [0, 0.1) is 6.92 Å². The number of rotatable bonds is 7. The summed E-state index contributed by atoms with van der Waals surface area (Å²) in [6.45, 7) is 3.85. The van der Waals surface area contributed by atoms with Gasteiger partial charge in [0, 0.05) is 23.4 Å². The maximum absolute atomic E-state index is 12.0. The molecule has 1 amide bonds. The molecule has 1 N–H and O–H groups in total. The number of aryl methyl sites for hydroxylation is 1. The number of nitrogens with zero attached hydrogens (tertiary/aromatic N) is 3. The van der Waals surface area contributed by atoms with Crippen LogP contribution in [0.4, 0.5) is 5.82 Å². The van der Waals surface area contributed by atoms with Gasteiger partial charge in [0.05, 0.1) is 25.6 Å². The zero-order chi connectivity index (χ0) is 19.4. The molecule has 0 saturated heterocycles. The Hall–Kier alpha value is -2.87. The molecule has 0 spiro atoms. The number of carbonyl (C=O) groups excluding carboxylic acids is 1. The Labute approximate surface area is 162 Å². The Morgan fingerprint density at radius 1 is 1.22 bits per heavy atom. The van der Waals surface area contributed by atoms with Crippen LogP contribution < -0.4 is 14.8 Å². The van der Waals surface area contributed by atoms with Gasteiger partial charge < -0.3 is 14.8 Å². The zero-order valence-electron chi connectivity index (χ0n) is 15.8. The van der Waals surface area contributed by atoms with Gasteiger partial charge in [0.2, 0.25) is 11.0 Å². The van der Waals surface area contributed by atoms with Gasteiger partial charge in [0.25, 0.3) is 0 Å². The van der Waals surface area contributed by atoms with Crippen molar-refractivity contribution in [2.75, 3.05) is 19.5 Å². The largest absolute Gasteiger partial charge is 0.493 e. The molecule has 0 atom stereocenters. The quantitative estimate of drug-likeness (QED) is 0.662. The SMILES string of the molecule is CCCC(=O)Nc1cc(C)nn1-c1nc(-c2ccc(OC)c(OC)c2)cs1. The number of aromatic nitrogens is 3. The standard InChI is InChI=1S/C19H22N4O3S/c1-5-6-18(24)21-17-9-12(2)22-23(17)19-20-14(11-27-19)13-7-8-15(25-3)16(10-13)26-4/h7-11H,5-6H2,1-4H3,(H,21,24). The highest BCUT2D eigenvalue weighted by molar-refractivity contribution is 7.12. The summed E-state index contributed by atoms with van der Waals surface area (Å²) in [5, 5.41) is 10.0. The molecule has 0 aliphatic carbocycles. The Morgan fingerprint density at radius 2 is 2.00 bits per heavy atom. The maximum Gasteiger partial charge on any atom is 0.225 e. The second kappa shape index (κ2) is 8.22. The van der Waals surface area contributed by atoms with Crippen molar-refractivity contribution < 1.29 is 14.3 Å². The predicted molar refractivity (Wildman–Crippen MR) is 106 cm³/mol. The molecule has 0 saturated carbocycles. The summed E-state index contributed by atoms with van der Waals surface area (Å²) in [6.07, 6.45) is 1.26. The average molecular weight is 386 g/mol. The van der Waals surface area contributed by atoms with Crippen LogP contribution in [0.5, 0.6) is 11.5 Å². The summed E-state index contributed by atoms with van der Waals surface area (Å²) in [6, 6.07) is 7.50. The van der Waals surface area contributed by atoms with E-state index >= 15 is 0 Å². The number of carbonyl (C=O) groups is 1. The number of methoxy groups -OCH3 is 2. The van der Waals surface area contributed by atoms with Gasteiger partial charge in [-0.15, -0.1) is 11.3 Å². The molecule has 0 aliphatic heterocycles. The first-order valence-electron chi connectivity index (χ1n) is 8.60. The predicted octanol–water partition coefficient (Wildman–Crippen LogP) is 4.06. The van der Waals surface area contributed by atoms with E-state index in [0.717, 1.165) is 23.4 Å². The van der Waals surface area contributed by atoms with Gasteiger partial charge in [-0.3, -0.25) is 4.79 Å². The zero-order valence-corrected chi connectivity index (χ0v) is 16.6. The van der Waals surface area contributed by atoms with Crippen LogP contribution in [0.1, 0.15) is 25.5 Å². The molecule has 0 unspecified atom stereocenters. The Kier molecular flexibility index (Phi) is 5.75. The van der Waals surface area contributed by atoms with Gasteiger partial charge in [0.1, 0.15) is 5.82 Å². The normalized spacial score (nSPS) is 10.7. The molecular formula is C19H22N4O3S. The molecule has 3 rings (SSSR count). The minimum Gasteiger partial charge on any atom is -0.493 e. The second-order valence-electron chi connectivity index (χ2n) is 5.97. The Balaban J connectivity index is 1.91. The van der Waals surface area contributed by atoms with Crippen molar-refractivity contribution in [2.24, 2.45) is 0 Å². The third kappa shape index (κ3) is 4.11. The summed E-state index contributed by atoms with van der Waals surface area (Å²) in [5.74, 6) is 1.90. The third-order valence-corrected chi connectivity index (χ3v) is 4.74. The first-order chi connectivity index (χ1) is 13.0.